The second-order valence-corrected chi connectivity index (χ2v) is 3.44. The van der Waals surface area contributed by atoms with Crippen LogP contribution in [-0.4, -0.2) is 22.7 Å². The topological polar surface area (TPSA) is 93.4 Å². The quantitative estimate of drug-likeness (QED) is 0.662. The molecule has 84 valence electrons. The van der Waals surface area contributed by atoms with Gasteiger partial charge in [0.05, 0.1) is 12.0 Å². The molecule has 1 aromatic rings. The summed E-state index contributed by atoms with van der Waals surface area (Å²) in [4.78, 5) is 11.5. The smallest absolute Gasteiger partial charge is 0.251 e. The van der Waals surface area contributed by atoms with Gasteiger partial charge in [0.2, 0.25) is 0 Å². The molecule has 5 heteroatoms. The molecule has 1 rings (SSSR count). The number of hydrogen-bond acceptors (Lipinski definition) is 4. The highest BCUT2D eigenvalue weighted by atomic mass is 16.3. The van der Waals surface area contributed by atoms with Crippen molar-refractivity contribution in [2.24, 2.45) is 5.92 Å². The highest BCUT2D eigenvalue weighted by Gasteiger charge is 2.09. The number of nitriles is 1. The van der Waals surface area contributed by atoms with Gasteiger partial charge in [-0.3, -0.25) is 4.79 Å². The van der Waals surface area contributed by atoms with Crippen LogP contribution in [0.15, 0.2) is 18.2 Å². The van der Waals surface area contributed by atoms with Crippen molar-refractivity contribution < 1.29 is 15.0 Å². The molecule has 0 saturated heterocycles. The molecule has 0 heterocycles. The molecule has 0 aliphatic carbocycles. The molecule has 1 amide bonds. The van der Waals surface area contributed by atoms with E-state index in [1.54, 1.807) is 6.92 Å². The fourth-order valence-electron chi connectivity index (χ4n) is 1.06. The van der Waals surface area contributed by atoms with Crippen LogP contribution in [0.2, 0.25) is 0 Å². The summed E-state index contributed by atoms with van der Waals surface area (Å²) in [6.45, 7) is 1.94. The average Bonchev–Trinajstić information content (AvgIpc) is 2.29. The van der Waals surface area contributed by atoms with E-state index >= 15 is 0 Å². The van der Waals surface area contributed by atoms with Crippen LogP contribution < -0.4 is 5.32 Å². The van der Waals surface area contributed by atoms with Crippen LogP contribution in [0.5, 0.6) is 11.5 Å². The largest absolute Gasteiger partial charge is 0.504 e. The van der Waals surface area contributed by atoms with Crippen LogP contribution >= 0.6 is 0 Å². The van der Waals surface area contributed by atoms with Crippen molar-refractivity contribution in [3.8, 4) is 17.6 Å². The van der Waals surface area contributed by atoms with E-state index in [1.807, 2.05) is 6.07 Å². The summed E-state index contributed by atoms with van der Waals surface area (Å²) in [7, 11) is 0. The monoisotopic (exact) mass is 220 g/mol. The highest BCUT2D eigenvalue weighted by molar-refractivity contribution is 5.94. The van der Waals surface area contributed by atoms with Gasteiger partial charge in [0.1, 0.15) is 0 Å². The standard InChI is InChI=1S/C11H12N2O3/c1-7(5-12)6-13-11(16)8-2-3-9(14)10(15)4-8/h2-4,7,14-15H,6H2,1H3,(H,13,16). The van der Waals surface area contributed by atoms with Crippen molar-refractivity contribution in [3.63, 3.8) is 0 Å². The number of phenols is 2. The SMILES string of the molecule is CC(C#N)CNC(=O)c1ccc(O)c(O)c1. The van der Waals surface area contributed by atoms with Crippen LogP contribution in [0.25, 0.3) is 0 Å². The van der Waals surface area contributed by atoms with E-state index in [0.29, 0.717) is 0 Å². The zero-order valence-corrected chi connectivity index (χ0v) is 8.77. The second kappa shape index (κ2) is 5.03. The molecular formula is C11H12N2O3. The van der Waals surface area contributed by atoms with Crippen LogP contribution in [-0.2, 0) is 0 Å². The molecule has 3 N–H and O–H groups in total. The Morgan fingerprint density at radius 3 is 2.75 bits per heavy atom. The number of hydrogen-bond donors (Lipinski definition) is 3. The maximum Gasteiger partial charge on any atom is 0.251 e. The summed E-state index contributed by atoms with van der Waals surface area (Å²) in [5.41, 5.74) is 0.237. The van der Waals surface area contributed by atoms with Gasteiger partial charge in [-0.2, -0.15) is 5.26 Å². The van der Waals surface area contributed by atoms with Crippen LogP contribution in [0.3, 0.4) is 0 Å². The highest BCUT2D eigenvalue weighted by Crippen LogP contribution is 2.24. The maximum absolute atomic E-state index is 11.5. The Labute approximate surface area is 92.9 Å². The minimum Gasteiger partial charge on any atom is -0.504 e. The van der Waals surface area contributed by atoms with Gasteiger partial charge >= 0.3 is 0 Å². The summed E-state index contributed by atoms with van der Waals surface area (Å²) in [5.74, 6) is -1.28. The predicted molar refractivity (Wildman–Crippen MR) is 56.9 cm³/mol. The molecule has 5 nitrogen and oxygen atoms in total. The van der Waals surface area contributed by atoms with Crippen molar-refractivity contribution in [3.05, 3.63) is 23.8 Å². The number of carbonyl (C=O) groups excluding carboxylic acids is 1. The van der Waals surface area contributed by atoms with Gasteiger partial charge in [-0.1, -0.05) is 0 Å². The molecule has 0 aromatic heterocycles. The number of benzene rings is 1. The minimum atomic E-state index is -0.391. The van der Waals surface area contributed by atoms with Crippen molar-refractivity contribution in [1.82, 2.24) is 5.32 Å². The average molecular weight is 220 g/mol. The van der Waals surface area contributed by atoms with E-state index in [0.717, 1.165) is 0 Å². The predicted octanol–water partition coefficient (Wildman–Crippen LogP) is 0.987. The summed E-state index contributed by atoms with van der Waals surface area (Å²) in [6, 6.07) is 5.78. The zero-order chi connectivity index (χ0) is 12.1. The van der Waals surface area contributed by atoms with Crippen LogP contribution in [0.1, 0.15) is 17.3 Å². The van der Waals surface area contributed by atoms with E-state index in [4.69, 9.17) is 10.4 Å². The lowest BCUT2D eigenvalue weighted by atomic mass is 10.1. The number of aromatic hydroxyl groups is 2. The number of amides is 1. The molecule has 16 heavy (non-hydrogen) atoms. The third kappa shape index (κ3) is 2.89. The lowest BCUT2D eigenvalue weighted by Crippen LogP contribution is -2.27. The summed E-state index contributed by atoms with van der Waals surface area (Å²) in [6.07, 6.45) is 0. The van der Waals surface area contributed by atoms with Crippen LogP contribution in [0, 0.1) is 17.2 Å². The Bertz CT molecular complexity index is 437. The molecule has 0 saturated carbocycles. The molecule has 0 spiro atoms. The first-order chi connectivity index (χ1) is 7.54. The van der Waals surface area contributed by atoms with Gasteiger partial charge in [-0.15, -0.1) is 0 Å². The Morgan fingerprint density at radius 2 is 2.19 bits per heavy atom. The molecular weight excluding hydrogens is 208 g/mol. The summed E-state index contributed by atoms with van der Waals surface area (Å²) < 4.78 is 0. The molecule has 1 unspecified atom stereocenters. The number of rotatable bonds is 3. The van der Waals surface area contributed by atoms with Crippen molar-refractivity contribution in [2.75, 3.05) is 6.54 Å². The molecule has 0 bridgehead atoms. The second-order valence-electron chi connectivity index (χ2n) is 3.44. The van der Waals surface area contributed by atoms with Gasteiger partial charge < -0.3 is 15.5 Å². The van der Waals surface area contributed by atoms with E-state index in [2.05, 4.69) is 5.32 Å². The number of phenolic OH excluding ortho intramolecular Hbond substituents is 2. The Kier molecular flexibility index (Phi) is 3.72. The first-order valence-electron chi connectivity index (χ1n) is 4.74. The Balaban J connectivity index is 2.67. The van der Waals surface area contributed by atoms with Gasteiger partial charge in [0.15, 0.2) is 11.5 Å². The number of nitrogens with one attached hydrogen (secondary N) is 1. The Morgan fingerprint density at radius 1 is 1.50 bits per heavy atom. The maximum atomic E-state index is 11.5. The van der Waals surface area contributed by atoms with Crippen LogP contribution in [0.4, 0.5) is 0 Å². The molecule has 0 fully saturated rings. The fourth-order valence-corrected chi connectivity index (χ4v) is 1.06. The lowest BCUT2D eigenvalue weighted by Gasteiger charge is -2.06. The van der Waals surface area contributed by atoms with Gasteiger partial charge in [-0.25, -0.2) is 0 Å². The first-order valence-corrected chi connectivity index (χ1v) is 4.74. The van der Waals surface area contributed by atoms with Gasteiger partial charge in [0, 0.05) is 12.1 Å². The summed E-state index contributed by atoms with van der Waals surface area (Å²) in [5, 5.41) is 29.3. The minimum absolute atomic E-state index is 0.237. The van der Waals surface area contributed by atoms with Gasteiger partial charge in [-0.05, 0) is 25.1 Å². The lowest BCUT2D eigenvalue weighted by molar-refractivity contribution is 0.0950. The molecule has 0 aliphatic heterocycles. The number of nitrogens with zero attached hydrogens (tertiary/aromatic N) is 1. The van der Waals surface area contributed by atoms with E-state index in [9.17, 15) is 9.90 Å². The summed E-state index contributed by atoms with van der Waals surface area (Å²) >= 11 is 0. The van der Waals surface area contributed by atoms with E-state index in [1.165, 1.54) is 18.2 Å². The number of carbonyl (C=O) groups is 1. The first kappa shape index (κ1) is 11.9. The fraction of sp³-hybridized carbons (Fsp3) is 0.273. The molecule has 0 radical (unpaired) electrons. The molecule has 1 aromatic carbocycles. The van der Waals surface area contributed by atoms with Crippen molar-refractivity contribution in [2.45, 2.75) is 6.92 Å². The molecule has 0 aliphatic rings. The third-order valence-corrected chi connectivity index (χ3v) is 2.03. The van der Waals surface area contributed by atoms with E-state index < -0.39 is 5.91 Å². The van der Waals surface area contributed by atoms with Crippen molar-refractivity contribution in [1.29, 1.82) is 5.26 Å². The van der Waals surface area contributed by atoms with E-state index in [-0.39, 0.29) is 29.5 Å². The zero-order valence-electron chi connectivity index (χ0n) is 8.77. The normalized spacial score (nSPS) is 11.5. The Hall–Kier alpha value is -2.22. The van der Waals surface area contributed by atoms with Gasteiger partial charge in [0.25, 0.3) is 5.91 Å². The molecule has 1 atom stereocenters. The van der Waals surface area contributed by atoms with Crippen molar-refractivity contribution >= 4 is 5.91 Å². The third-order valence-electron chi connectivity index (χ3n) is 2.03.